The molecule has 0 spiro atoms. The summed E-state index contributed by atoms with van der Waals surface area (Å²) in [6, 6.07) is 90.8. The van der Waals surface area contributed by atoms with E-state index in [0.29, 0.717) is 0 Å². The van der Waals surface area contributed by atoms with Crippen molar-refractivity contribution >= 4 is 86.3 Å². The third-order valence-electron chi connectivity index (χ3n) is 10.7. The SMILES string of the molecule is Nc1ccccc1-c1[c-]cccc1.O=S([O-])O.[Pd].c1ccc(P(c2ccccc2)c2ccc3ccccc3c2-c2c([PH+](c3ccccc3)c3ccccc3)ccc3ccccc23)cc1. The van der Waals surface area contributed by atoms with Crippen LogP contribution in [0.5, 0.6) is 0 Å². The number of fused-ring (bicyclic) bond motifs is 2. The number of hydrogen-bond acceptors (Lipinski definition) is 3. The Morgan fingerprint density at radius 2 is 0.938 bits per heavy atom. The molecule has 4 nitrogen and oxygen atoms in total. The molecular formula is C56H44NO3P2PdS-. The molecule has 318 valence electrons. The Kier molecular flexibility index (Phi) is 16.3. The van der Waals surface area contributed by atoms with Gasteiger partial charge in [0.05, 0.1) is 19.3 Å². The van der Waals surface area contributed by atoms with Crippen LogP contribution in [0, 0.1) is 6.07 Å². The zero-order chi connectivity index (χ0) is 43.4. The van der Waals surface area contributed by atoms with Gasteiger partial charge in [-0.3, -0.25) is 0 Å². The predicted molar refractivity (Wildman–Crippen MR) is 272 cm³/mol. The first-order valence-electron chi connectivity index (χ1n) is 20.5. The maximum Gasteiger partial charge on any atom is 0.110 e. The fraction of sp³-hybridized carbons (Fsp3) is 0. The van der Waals surface area contributed by atoms with Crippen LogP contribution in [0.2, 0.25) is 0 Å². The van der Waals surface area contributed by atoms with Gasteiger partial charge in [-0.25, -0.2) is 4.21 Å². The van der Waals surface area contributed by atoms with Gasteiger partial charge in [0.25, 0.3) is 0 Å². The minimum Gasteiger partial charge on any atom is -0.750 e. The van der Waals surface area contributed by atoms with E-state index in [4.69, 9.17) is 19.0 Å². The quantitative estimate of drug-likeness (QED) is 0.0522. The molecule has 0 heterocycles. The molecule has 64 heavy (non-hydrogen) atoms. The minimum absolute atomic E-state index is 0. The summed E-state index contributed by atoms with van der Waals surface area (Å²) >= 11 is -2.86. The first-order valence-corrected chi connectivity index (χ1v) is 24.4. The largest absolute Gasteiger partial charge is 0.750 e. The summed E-state index contributed by atoms with van der Waals surface area (Å²) in [6.07, 6.45) is 0. The second-order valence-electron chi connectivity index (χ2n) is 14.6. The molecule has 8 heteroatoms. The molecular weight excluding hydrogens is 935 g/mol. The number of anilines is 1. The van der Waals surface area contributed by atoms with Gasteiger partial charge in [-0.05, 0) is 87.5 Å². The van der Waals surface area contributed by atoms with Crippen LogP contribution >= 0.6 is 15.8 Å². The summed E-state index contributed by atoms with van der Waals surface area (Å²) in [5.74, 6) is 0. The molecule has 0 saturated heterocycles. The second-order valence-corrected chi connectivity index (χ2v) is 19.6. The number of para-hydroxylation sites is 1. The first kappa shape index (κ1) is 46.1. The molecule has 0 amide bonds. The van der Waals surface area contributed by atoms with Crippen molar-refractivity contribution in [2.24, 2.45) is 0 Å². The van der Waals surface area contributed by atoms with Crippen LogP contribution in [0.15, 0.2) is 243 Å². The van der Waals surface area contributed by atoms with Gasteiger partial charge in [-0.15, -0.1) is 35.9 Å². The van der Waals surface area contributed by atoms with Crippen LogP contribution < -0.4 is 37.6 Å². The summed E-state index contributed by atoms with van der Waals surface area (Å²) in [5, 5.41) is 13.5. The number of rotatable bonds is 8. The Balaban J connectivity index is 0.000000286. The van der Waals surface area contributed by atoms with Crippen molar-refractivity contribution in [2.75, 3.05) is 5.73 Å². The maximum absolute atomic E-state index is 8.56. The average molecular weight is 979 g/mol. The number of nitrogens with two attached hydrogens (primary N) is 1. The normalized spacial score (nSPS) is 11.2. The summed E-state index contributed by atoms with van der Waals surface area (Å²) in [4.78, 5) is 0. The van der Waals surface area contributed by atoms with Crippen molar-refractivity contribution in [1.29, 1.82) is 0 Å². The molecule has 0 bridgehead atoms. The molecule has 0 aliphatic carbocycles. The van der Waals surface area contributed by atoms with E-state index in [1.807, 2.05) is 48.5 Å². The smallest absolute Gasteiger partial charge is 0.110 e. The van der Waals surface area contributed by atoms with Crippen LogP contribution in [0.25, 0.3) is 43.8 Å². The van der Waals surface area contributed by atoms with Crippen LogP contribution in [0.1, 0.15) is 0 Å². The Morgan fingerprint density at radius 1 is 0.500 bits per heavy atom. The second kappa shape index (κ2) is 22.6. The van der Waals surface area contributed by atoms with Crippen molar-refractivity contribution in [1.82, 2.24) is 0 Å². The fourth-order valence-corrected chi connectivity index (χ4v) is 13.3. The first-order chi connectivity index (χ1) is 31.0. The number of benzene rings is 10. The van der Waals surface area contributed by atoms with Crippen molar-refractivity contribution < 1.29 is 33.7 Å². The van der Waals surface area contributed by atoms with Gasteiger partial charge >= 0.3 is 0 Å². The van der Waals surface area contributed by atoms with Gasteiger partial charge in [0.2, 0.25) is 0 Å². The van der Waals surface area contributed by atoms with E-state index in [1.54, 1.807) is 0 Å². The van der Waals surface area contributed by atoms with E-state index in [0.717, 1.165) is 16.8 Å². The van der Waals surface area contributed by atoms with Gasteiger partial charge in [-0.1, -0.05) is 188 Å². The zero-order valence-corrected chi connectivity index (χ0v) is 38.9. The third kappa shape index (κ3) is 10.9. The summed E-state index contributed by atoms with van der Waals surface area (Å²) in [5.41, 5.74) is 11.4. The van der Waals surface area contributed by atoms with Gasteiger partial charge < -0.3 is 14.8 Å². The molecule has 10 aromatic rings. The van der Waals surface area contributed by atoms with Crippen molar-refractivity contribution in [3.8, 4) is 22.3 Å². The van der Waals surface area contributed by atoms with Gasteiger partial charge in [0.1, 0.15) is 15.9 Å². The van der Waals surface area contributed by atoms with Gasteiger partial charge in [-0.2, -0.15) is 0 Å². The molecule has 3 N–H and O–H groups in total. The Hall–Kier alpha value is -5.89. The molecule has 0 aliphatic heterocycles. The van der Waals surface area contributed by atoms with Crippen molar-refractivity contribution in [2.45, 2.75) is 0 Å². The predicted octanol–water partition coefficient (Wildman–Crippen LogP) is 11.0. The number of nitrogen functional groups attached to an aromatic ring is 1. The molecule has 0 radical (unpaired) electrons. The standard InChI is InChI=1S/C44H32P2.C12H10N.H2O3S.Pd/c1-5-19-35(20-6-1)45(36-21-7-2-8-22-36)41-31-29-33-17-13-15-27-39(33)43(41)44-40-28-16-14-18-34(40)30-32-42(44)46(37-23-9-3-10-24-37)38-25-11-4-12-26-38;13-12-9-5-4-8-11(12)10-6-2-1-3-7-10;1-4(2)3;/h1-32H;1-6,8-9H,13H2;(H2,1,2,3);/q;-1;;. The minimum atomic E-state index is -2.86. The average Bonchev–Trinajstić information content (AvgIpc) is 3.33. The van der Waals surface area contributed by atoms with Crippen LogP contribution in [-0.4, -0.2) is 13.3 Å². The molecule has 10 aromatic carbocycles. The van der Waals surface area contributed by atoms with E-state index in [1.165, 1.54) is 64.5 Å². The summed E-state index contributed by atoms with van der Waals surface area (Å²) in [6.45, 7) is 0. The summed E-state index contributed by atoms with van der Waals surface area (Å²) in [7, 11) is -2.22. The van der Waals surface area contributed by atoms with E-state index < -0.39 is 27.2 Å². The zero-order valence-electron chi connectivity index (χ0n) is 34.6. The molecule has 0 aromatic heterocycles. The Morgan fingerprint density at radius 3 is 1.45 bits per heavy atom. The monoisotopic (exact) mass is 978 g/mol. The Labute approximate surface area is 394 Å². The summed E-state index contributed by atoms with van der Waals surface area (Å²) < 4.78 is 24.1. The molecule has 1 atom stereocenters. The van der Waals surface area contributed by atoms with Gasteiger partial charge in [0, 0.05) is 31.5 Å². The molecule has 0 aliphatic rings. The van der Waals surface area contributed by atoms with Crippen LogP contribution in [0.3, 0.4) is 0 Å². The fourth-order valence-electron chi connectivity index (χ4n) is 8.03. The van der Waals surface area contributed by atoms with Crippen LogP contribution in [0.4, 0.5) is 5.69 Å². The third-order valence-corrected chi connectivity index (χ3v) is 16.0. The number of hydrogen-bond donors (Lipinski definition) is 2. The topological polar surface area (TPSA) is 86.4 Å². The molecule has 10 rings (SSSR count). The molecule has 0 saturated carbocycles. The van der Waals surface area contributed by atoms with E-state index in [-0.39, 0.29) is 20.4 Å². The van der Waals surface area contributed by atoms with E-state index in [9.17, 15) is 0 Å². The maximum atomic E-state index is 8.56. The van der Waals surface area contributed by atoms with Crippen LogP contribution in [-0.2, 0) is 31.8 Å². The van der Waals surface area contributed by atoms with E-state index >= 15 is 0 Å². The molecule has 0 fully saturated rings. The van der Waals surface area contributed by atoms with E-state index in [2.05, 4.69) is 200 Å². The molecule has 1 unspecified atom stereocenters. The van der Waals surface area contributed by atoms with Gasteiger partial charge in [0.15, 0.2) is 0 Å². The van der Waals surface area contributed by atoms with Crippen molar-refractivity contribution in [3.63, 3.8) is 0 Å². The van der Waals surface area contributed by atoms with Crippen molar-refractivity contribution in [3.05, 3.63) is 249 Å². The Bertz CT molecular complexity index is 2830.